The molecule has 0 saturated carbocycles. The zero-order valence-electron chi connectivity index (χ0n) is 11.6. The predicted octanol–water partition coefficient (Wildman–Crippen LogP) is 1.71. The van der Waals surface area contributed by atoms with E-state index in [1.165, 1.54) is 0 Å². The van der Waals surface area contributed by atoms with Gasteiger partial charge in [0.15, 0.2) is 0 Å². The van der Waals surface area contributed by atoms with Crippen LogP contribution < -0.4 is 5.73 Å². The monoisotopic (exact) mass is 256 g/mol. The maximum atomic E-state index is 11.9. The van der Waals surface area contributed by atoms with Gasteiger partial charge in [-0.3, -0.25) is 0 Å². The van der Waals surface area contributed by atoms with E-state index in [2.05, 4.69) is 0 Å². The fraction of sp³-hybridized carbons (Fsp3) is 0.923. The number of ether oxygens (including phenoxy) is 2. The summed E-state index contributed by atoms with van der Waals surface area (Å²) in [4.78, 5) is 13.7. The molecule has 1 atom stereocenters. The van der Waals surface area contributed by atoms with Gasteiger partial charge in [0.1, 0.15) is 11.8 Å². The van der Waals surface area contributed by atoms with Crippen molar-refractivity contribution in [3.63, 3.8) is 0 Å². The summed E-state index contributed by atoms with van der Waals surface area (Å²) in [5.74, 6) is 0. The van der Waals surface area contributed by atoms with Crippen LogP contribution in [-0.4, -0.2) is 42.5 Å². The molecule has 1 unspecified atom stereocenters. The van der Waals surface area contributed by atoms with Crippen molar-refractivity contribution in [2.75, 3.05) is 19.7 Å². The third kappa shape index (κ3) is 3.14. The second kappa shape index (κ2) is 4.70. The highest BCUT2D eigenvalue weighted by Gasteiger charge is 2.42. The molecular formula is C13H24N2O3. The third-order valence-electron chi connectivity index (χ3n) is 3.71. The standard InChI is InChI=1S/C13H24N2O3/c1-12(2,3)18-11(16)15-6-4-13(5-7-15)8-10(14)17-9-13/h10H,4-9,14H2,1-3H3. The lowest BCUT2D eigenvalue weighted by atomic mass is 9.77. The molecular weight excluding hydrogens is 232 g/mol. The highest BCUT2D eigenvalue weighted by atomic mass is 16.6. The molecule has 0 aromatic carbocycles. The molecule has 18 heavy (non-hydrogen) atoms. The van der Waals surface area contributed by atoms with Crippen LogP contribution in [0.4, 0.5) is 4.79 Å². The van der Waals surface area contributed by atoms with Gasteiger partial charge in [0.05, 0.1) is 6.61 Å². The summed E-state index contributed by atoms with van der Waals surface area (Å²) >= 11 is 0. The summed E-state index contributed by atoms with van der Waals surface area (Å²) in [7, 11) is 0. The summed E-state index contributed by atoms with van der Waals surface area (Å²) in [5, 5.41) is 0. The molecule has 5 nitrogen and oxygen atoms in total. The molecule has 0 aromatic heterocycles. The highest BCUT2D eigenvalue weighted by molar-refractivity contribution is 5.68. The van der Waals surface area contributed by atoms with E-state index in [9.17, 15) is 4.79 Å². The number of likely N-dealkylation sites (tertiary alicyclic amines) is 1. The topological polar surface area (TPSA) is 64.8 Å². The number of nitrogens with zero attached hydrogens (tertiary/aromatic N) is 1. The minimum atomic E-state index is -0.426. The number of piperidine rings is 1. The lowest BCUT2D eigenvalue weighted by Gasteiger charge is -2.38. The Morgan fingerprint density at radius 1 is 1.39 bits per heavy atom. The molecule has 2 rings (SSSR count). The molecule has 2 saturated heterocycles. The van der Waals surface area contributed by atoms with Crippen molar-refractivity contribution in [1.29, 1.82) is 0 Å². The molecule has 0 aliphatic carbocycles. The molecule has 1 spiro atoms. The number of rotatable bonds is 0. The zero-order chi connectivity index (χ0) is 13.4. The molecule has 0 radical (unpaired) electrons. The molecule has 2 fully saturated rings. The van der Waals surface area contributed by atoms with E-state index in [-0.39, 0.29) is 17.7 Å². The van der Waals surface area contributed by atoms with Gasteiger partial charge in [-0.2, -0.15) is 0 Å². The van der Waals surface area contributed by atoms with Gasteiger partial charge < -0.3 is 20.1 Å². The van der Waals surface area contributed by atoms with Gasteiger partial charge in [0, 0.05) is 18.5 Å². The van der Waals surface area contributed by atoms with Gasteiger partial charge >= 0.3 is 6.09 Å². The first kappa shape index (κ1) is 13.6. The van der Waals surface area contributed by atoms with Crippen LogP contribution in [0.2, 0.25) is 0 Å². The third-order valence-corrected chi connectivity index (χ3v) is 3.71. The van der Waals surface area contributed by atoms with E-state index >= 15 is 0 Å². The fourth-order valence-electron chi connectivity index (χ4n) is 2.67. The van der Waals surface area contributed by atoms with Gasteiger partial charge in [-0.05, 0) is 40.0 Å². The number of carbonyl (C=O) groups excluding carboxylic acids is 1. The molecule has 104 valence electrons. The Labute approximate surface area is 109 Å². The first-order valence-electron chi connectivity index (χ1n) is 6.65. The van der Waals surface area contributed by atoms with E-state index in [4.69, 9.17) is 15.2 Å². The Morgan fingerprint density at radius 3 is 2.44 bits per heavy atom. The molecule has 2 heterocycles. The Morgan fingerprint density at radius 2 is 2.00 bits per heavy atom. The van der Waals surface area contributed by atoms with E-state index in [1.54, 1.807) is 4.90 Å². The molecule has 0 aromatic rings. The first-order valence-corrected chi connectivity index (χ1v) is 6.65. The SMILES string of the molecule is CC(C)(C)OC(=O)N1CCC2(CC1)COC(N)C2. The van der Waals surface area contributed by atoms with Crippen LogP contribution in [0.15, 0.2) is 0 Å². The average molecular weight is 256 g/mol. The minimum Gasteiger partial charge on any atom is -0.444 e. The van der Waals surface area contributed by atoms with Gasteiger partial charge in [0.2, 0.25) is 0 Å². The maximum absolute atomic E-state index is 11.9. The normalized spacial score (nSPS) is 27.6. The van der Waals surface area contributed by atoms with E-state index in [0.717, 1.165) is 39.0 Å². The molecule has 1 amide bonds. The fourth-order valence-corrected chi connectivity index (χ4v) is 2.67. The van der Waals surface area contributed by atoms with E-state index in [0.29, 0.717) is 0 Å². The molecule has 5 heteroatoms. The van der Waals surface area contributed by atoms with Crippen LogP contribution in [0.5, 0.6) is 0 Å². The van der Waals surface area contributed by atoms with Crippen LogP contribution in [0, 0.1) is 5.41 Å². The summed E-state index contributed by atoms with van der Waals surface area (Å²) in [6.45, 7) is 7.88. The minimum absolute atomic E-state index is 0.127. The van der Waals surface area contributed by atoms with Crippen molar-refractivity contribution < 1.29 is 14.3 Å². The lowest BCUT2D eigenvalue weighted by Crippen LogP contribution is -2.45. The number of hydrogen-bond acceptors (Lipinski definition) is 4. The Balaban J connectivity index is 1.85. The van der Waals surface area contributed by atoms with Crippen molar-refractivity contribution in [3.05, 3.63) is 0 Å². The zero-order valence-corrected chi connectivity index (χ0v) is 11.6. The number of amides is 1. The number of carbonyl (C=O) groups is 1. The average Bonchev–Trinajstić information content (AvgIpc) is 2.58. The van der Waals surface area contributed by atoms with Crippen LogP contribution in [-0.2, 0) is 9.47 Å². The van der Waals surface area contributed by atoms with E-state index in [1.807, 2.05) is 20.8 Å². The number of hydrogen-bond donors (Lipinski definition) is 1. The Kier molecular flexibility index (Phi) is 3.56. The molecule has 0 bridgehead atoms. The summed E-state index contributed by atoms with van der Waals surface area (Å²) in [5.41, 5.74) is 5.56. The second-order valence-electron chi connectivity index (χ2n) is 6.52. The van der Waals surface area contributed by atoms with Gasteiger partial charge in [-0.15, -0.1) is 0 Å². The molecule has 2 N–H and O–H groups in total. The Bertz CT molecular complexity index is 317. The predicted molar refractivity (Wildman–Crippen MR) is 68.0 cm³/mol. The first-order chi connectivity index (χ1) is 8.30. The van der Waals surface area contributed by atoms with Crippen LogP contribution in [0.25, 0.3) is 0 Å². The van der Waals surface area contributed by atoms with Crippen LogP contribution >= 0.6 is 0 Å². The molecule has 2 aliphatic rings. The quantitative estimate of drug-likeness (QED) is 0.716. The van der Waals surface area contributed by atoms with Crippen LogP contribution in [0.1, 0.15) is 40.0 Å². The van der Waals surface area contributed by atoms with Crippen molar-refractivity contribution >= 4 is 6.09 Å². The van der Waals surface area contributed by atoms with Crippen molar-refractivity contribution in [2.45, 2.75) is 51.9 Å². The smallest absolute Gasteiger partial charge is 0.410 e. The second-order valence-corrected chi connectivity index (χ2v) is 6.52. The maximum Gasteiger partial charge on any atom is 0.410 e. The number of nitrogens with two attached hydrogens (primary N) is 1. The van der Waals surface area contributed by atoms with E-state index < -0.39 is 5.60 Å². The van der Waals surface area contributed by atoms with Crippen molar-refractivity contribution in [2.24, 2.45) is 11.1 Å². The van der Waals surface area contributed by atoms with Crippen molar-refractivity contribution in [3.8, 4) is 0 Å². The van der Waals surface area contributed by atoms with Gasteiger partial charge in [-0.1, -0.05) is 0 Å². The van der Waals surface area contributed by atoms with Crippen LogP contribution in [0.3, 0.4) is 0 Å². The Hall–Kier alpha value is -0.810. The molecule has 2 aliphatic heterocycles. The highest BCUT2D eigenvalue weighted by Crippen LogP contribution is 2.40. The summed E-state index contributed by atoms with van der Waals surface area (Å²) < 4.78 is 10.8. The largest absolute Gasteiger partial charge is 0.444 e. The summed E-state index contributed by atoms with van der Waals surface area (Å²) in [6.07, 6.45) is 2.49. The van der Waals surface area contributed by atoms with Gasteiger partial charge in [-0.25, -0.2) is 4.79 Å². The van der Waals surface area contributed by atoms with Gasteiger partial charge in [0.25, 0.3) is 0 Å². The van der Waals surface area contributed by atoms with Crippen molar-refractivity contribution in [1.82, 2.24) is 4.90 Å². The summed E-state index contributed by atoms with van der Waals surface area (Å²) in [6, 6.07) is 0. The lowest BCUT2D eigenvalue weighted by molar-refractivity contribution is 0.00790.